The van der Waals surface area contributed by atoms with Gasteiger partial charge in [-0.25, -0.2) is 15.0 Å². The molecule has 27 heavy (non-hydrogen) atoms. The number of nitrogens with one attached hydrogen (secondary N) is 2. The van der Waals surface area contributed by atoms with E-state index in [-0.39, 0.29) is 0 Å². The summed E-state index contributed by atoms with van der Waals surface area (Å²) in [6.45, 7) is 4.58. The molecule has 0 saturated heterocycles. The second kappa shape index (κ2) is 10.7. The smallest absolute Gasteiger partial charge is 0.191 e. The number of imidazole rings is 1. The van der Waals surface area contributed by atoms with Gasteiger partial charge >= 0.3 is 0 Å². The van der Waals surface area contributed by atoms with E-state index in [1.165, 1.54) is 44.9 Å². The molecule has 2 aromatic rings. The molecule has 2 N–H and O–H groups in total. The standard InChI is InChI=1S/C21H32N6/c1-2-23-21(25-11-6-9-18-7-4-3-5-8-18)26-16-19-10-12-24-20(15-19)27-14-13-22-17-27/h10,12-15,17-18H,2-9,11,16H2,1H3,(H2,23,25,26). The summed E-state index contributed by atoms with van der Waals surface area (Å²) < 4.78 is 1.90. The van der Waals surface area contributed by atoms with E-state index in [1.807, 2.05) is 23.0 Å². The van der Waals surface area contributed by atoms with Crippen LogP contribution in [0.2, 0.25) is 0 Å². The molecule has 2 aromatic heterocycles. The molecular weight excluding hydrogens is 336 g/mol. The van der Waals surface area contributed by atoms with Crippen molar-refractivity contribution in [3.8, 4) is 5.82 Å². The Morgan fingerprint density at radius 2 is 2.11 bits per heavy atom. The van der Waals surface area contributed by atoms with Crippen molar-refractivity contribution >= 4 is 5.96 Å². The molecule has 0 aromatic carbocycles. The topological polar surface area (TPSA) is 67.1 Å². The predicted octanol–water partition coefficient (Wildman–Crippen LogP) is 3.68. The predicted molar refractivity (Wildman–Crippen MR) is 110 cm³/mol. The molecule has 0 spiro atoms. The van der Waals surface area contributed by atoms with Crippen molar-refractivity contribution in [3.05, 3.63) is 42.6 Å². The molecule has 3 rings (SSSR count). The van der Waals surface area contributed by atoms with Crippen LogP contribution in [0.3, 0.4) is 0 Å². The van der Waals surface area contributed by atoms with Crippen LogP contribution in [0.15, 0.2) is 42.0 Å². The largest absolute Gasteiger partial charge is 0.357 e. The Hall–Kier alpha value is -2.37. The monoisotopic (exact) mass is 368 g/mol. The zero-order valence-corrected chi connectivity index (χ0v) is 16.4. The van der Waals surface area contributed by atoms with Gasteiger partial charge in [-0.1, -0.05) is 32.1 Å². The van der Waals surface area contributed by atoms with Crippen LogP contribution in [-0.2, 0) is 6.54 Å². The van der Waals surface area contributed by atoms with Crippen molar-refractivity contribution in [2.45, 2.75) is 58.4 Å². The van der Waals surface area contributed by atoms with Gasteiger partial charge in [0.25, 0.3) is 0 Å². The number of hydrogen-bond acceptors (Lipinski definition) is 3. The molecule has 2 heterocycles. The molecule has 0 radical (unpaired) electrons. The van der Waals surface area contributed by atoms with E-state index in [1.54, 1.807) is 12.5 Å². The highest BCUT2D eigenvalue weighted by Gasteiger charge is 2.12. The van der Waals surface area contributed by atoms with Crippen LogP contribution in [0.5, 0.6) is 0 Å². The van der Waals surface area contributed by atoms with Gasteiger partial charge in [0, 0.05) is 31.7 Å². The SMILES string of the molecule is CCNC(=NCc1ccnc(-n2ccnc2)c1)NCCCC1CCCCC1. The van der Waals surface area contributed by atoms with E-state index in [0.29, 0.717) is 6.54 Å². The fraction of sp³-hybridized carbons (Fsp3) is 0.571. The summed E-state index contributed by atoms with van der Waals surface area (Å²) in [4.78, 5) is 13.2. The number of hydrogen-bond donors (Lipinski definition) is 2. The first-order chi connectivity index (χ1) is 13.3. The Labute approximate surface area is 162 Å². The Bertz CT molecular complexity index is 688. The molecule has 0 atom stereocenters. The highest BCUT2D eigenvalue weighted by molar-refractivity contribution is 5.79. The van der Waals surface area contributed by atoms with Crippen LogP contribution < -0.4 is 10.6 Å². The van der Waals surface area contributed by atoms with Crippen LogP contribution in [-0.4, -0.2) is 33.6 Å². The summed E-state index contributed by atoms with van der Waals surface area (Å²) in [5.74, 6) is 2.70. The van der Waals surface area contributed by atoms with E-state index in [9.17, 15) is 0 Å². The van der Waals surface area contributed by atoms with Gasteiger partial charge in [-0.15, -0.1) is 0 Å². The summed E-state index contributed by atoms with van der Waals surface area (Å²) in [5, 5.41) is 6.82. The molecular formula is C21H32N6. The van der Waals surface area contributed by atoms with Crippen molar-refractivity contribution in [3.63, 3.8) is 0 Å². The van der Waals surface area contributed by atoms with E-state index in [0.717, 1.165) is 36.3 Å². The minimum absolute atomic E-state index is 0.627. The summed E-state index contributed by atoms with van der Waals surface area (Å²) in [5.41, 5.74) is 1.13. The normalized spacial score (nSPS) is 15.7. The fourth-order valence-corrected chi connectivity index (χ4v) is 3.68. The number of aliphatic imine (C=N–C) groups is 1. The quantitative estimate of drug-likeness (QED) is 0.424. The Balaban J connectivity index is 1.48. The lowest BCUT2D eigenvalue weighted by molar-refractivity contribution is 0.332. The highest BCUT2D eigenvalue weighted by Crippen LogP contribution is 2.26. The minimum atomic E-state index is 0.627. The van der Waals surface area contributed by atoms with Crippen LogP contribution in [0.25, 0.3) is 5.82 Å². The van der Waals surface area contributed by atoms with Crippen LogP contribution in [0.4, 0.5) is 0 Å². The zero-order chi connectivity index (χ0) is 18.7. The van der Waals surface area contributed by atoms with Crippen molar-refractivity contribution in [2.75, 3.05) is 13.1 Å². The molecule has 0 amide bonds. The number of pyridine rings is 1. The molecule has 0 unspecified atom stereocenters. The van der Waals surface area contributed by atoms with Gasteiger partial charge in [0.2, 0.25) is 0 Å². The Morgan fingerprint density at radius 1 is 1.22 bits per heavy atom. The average Bonchev–Trinajstić information content (AvgIpc) is 3.25. The molecule has 1 saturated carbocycles. The van der Waals surface area contributed by atoms with Crippen LogP contribution in [0.1, 0.15) is 57.4 Å². The van der Waals surface area contributed by atoms with Crippen molar-refractivity contribution in [1.29, 1.82) is 0 Å². The molecule has 6 heteroatoms. The first kappa shape index (κ1) is 19.4. The number of guanidine groups is 1. The average molecular weight is 369 g/mol. The zero-order valence-electron chi connectivity index (χ0n) is 16.4. The Morgan fingerprint density at radius 3 is 2.89 bits per heavy atom. The third-order valence-electron chi connectivity index (χ3n) is 5.15. The fourth-order valence-electron chi connectivity index (χ4n) is 3.68. The maximum Gasteiger partial charge on any atom is 0.191 e. The molecule has 0 bridgehead atoms. The lowest BCUT2D eigenvalue weighted by atomic mass is 9.86. The molecule has 1 aliphatic carbocycles. The van der Waals surface area contributed by atoms with Gasteiger partial charge in [0.05, 0.1) is 6.54 Å². The van der Waals surface area contributed by atoms with E-state index >= 15 is 0 Å². The summed E-state index contributed by atoms with van der Waals surface area (Å²) >= 11 is 0. The lowest BCUT2D eigenvalue weighted by Crippen LogP contribution is -2.37. The molecule has 1 aliphatic rings. The maximum absolute atomic E-state index is 4.73. The first-order valence-corrected chi connectivity index (χ1v) is 10.3. The van der Waals surface area contributed by atoms with Crippen molar-refractivity contribution in [1.82, 2.24) is 25.2 Å². The molecule has 1 fully saturated rings. The third kappa shape index (κ3) is 6.38. The van der Waals surface area contributed by atoms with Gasteiger partial charge in [-0.3, -0.25) is 4.57 Å². The second-order valence-corrected chi connectivity index (χ2v) is 7.26. The van der Waals surface area contributed by atoms with Gasteiger partial charge in [-0.05, 0) is 43.4 Å². The maximum atomic E-state index is 4.73. The van der Waals surface area contributed by atoms with Gasteiger partial charge in [0.1, 0.15) is 12.1 Å². The summed E-state index contributed by atoms with van der Waals surface area (Å²) in [7, 11) is 0. The Kier molecular flexibility index (Phi) is 7.69. The minimum Gasteiger partial charge on any atom is -0.357 e. The highest BCUT2D eigenvalue weighted by atomic mass is 15.2. The van der Waals surface area contributed by atoms with Crippen LogP contribution >= 0.6 is 0 Å². The third-order valence-corrected chi connectivity index (χ3v) is 5.15. The second-order valence-electron chi connectivity index (χ2n) is 7.26. The lowest BCUT2D eigenvalue weighted by Gasteiger charge is -2.21. The number of nitrogens with zero attached hydrogens (tertiary/aromatic N) is 4. The van der Waals surface area contributed by atoms with E-state index in [2.05, 4.69) is 33.6 Å². The summed E-state index contributed by atoms with van der Waals surface area (Å²) in [6, 6.07) is 4.06. The van der Waals surface area contributed by atoms with Crippen molar-refractivity contribution < 1.29 is 0 Å². The number of rotatable bonds is 8. The van der Waals surface area contributed by atoms with Gasteiger partial charge in [0.15, 0.2) is 5.96 Å². The molecule has 0 aliphatic heterocycles. The van der Waals surface area contributed by atoms with E-state index < -0.39 is 0 Å². The molecule has 146 valence electrons. The van der Waals surface area contributed by atoms with Gasteiger partial charge in [-0.2, -0.15) is 0 Å². The van der Waals surface area contributed by atoms with Crippen LogP contribution in [0, 0.1) is 5.92 Å². The first-order valence-electron chi connectivity index (χ1n) is 10.3. The molecule has 6 nitrogen and oxygen atoms in total. The number of aromatic nitrogens is 3. The van der Waals surface area contributed by atoms with Gasteiger partial charge < -0.3 is 10.6 Å². The summed E-state index contributed by atoms with van der Waals surface area (Å²) in [6.07, 6.45) is 16.9. The van der Waals surface area contributed by atoms with E-state index in [4.69, 9.17) is 4.99 Å². The van der Waals surface area contributed by atoms with Crippen molar-refractivity contribution in [2.24, 2.45) is 10.9 Å².